The average molecular weight is 457 g/mol. The molecule has 1 aromatic heterocycles. The van der Waals surface area contributed by atoms with Crippen LogP contribution in [-0.4, -0.2) is 56.1 Å². The fourth-order valence-electron chi connectivity index (χ4n) is 2.55. The summed E-state index contributed by atoms with van der Waals surface area (Å²) in [7, 11) is -1.95. The molecule has 2 aromatic rings. The van der Waals surface area contributed by atoms with E-state index in [-0.39, 0.29) is 29.8 Å². The van der Waals surface area contributed by atoms with Crippen LogP contribution in [0.1, 0.15) is 26.0 Å². The summed E-state index contributed by atoms with van der Waals surface area (Å²) >= 11 is 1.14. The Kier molecular flexibility index (Phi) is 7.54. The van der Waals surface area contributed by atoms with Crippen molar-refractivity contribution in [2.75, 3.05) is 25.2 Å². The molecule has 0 aliphatic heterocycles. The summed E-state index contributed by atoms with van der Waals surface area (Å²) in [6, 6.07) is 3.43. The van der Waals surface area contributed by atoms with E-state index in [1.165, 1.54) is 12.1 Å². The topological polar surface area (TPSA) is 108 Å². The standard InChI is InChI=1S/C19H25FN4O4S2/c1-11(2)24(4)16(25)8-9-21-18(26)23-19-22-12(3)17(29-19)13-6-7-15(14(20)10-13)30(5,27)28/h6-7,10-11H,8-9H2,1-5H3,(H2,21,22,23,26). The first-order chi connectivity index (χ1) is 13.9. The van der Waals surface area contributed by atoms with Gasteiger partial charge in [-0.25, -0.2) is 22.6 Å². The zero-order chi connectivity index (χ0) is 22.6. The van der Waals surface area contributed by atoms with E-state index in [2.05, 4.69) is 15.6 Å². The number of carbonyl (C=O) groups excluding carboxylic acids is 2. The third-order valence-electron chi connectivity index (χ3n) is 4.40. The summed E-state index contributed by atoms with van der Waals surface area (Å²) in [6.07, 6.45) is 1.12. The van der Waals surface area contributed by atoms with Crippen molar-refractivity contribution in [3.05, 3.63) is 29.7 Å². The summed E-state index contributed by atoms with van der Waals surface area (Å²) in [4.78, 5) is 30.1. The Balaban J connectivity index is 2.02. The molecule has 0 unspecified atom stereocenters. The van der Waals surface area contributed by atoms with E-state index in [1.807, 2.05) is 13.8 Å². The summed E-state index contributed by atoms with van der Waals surface area (Å²) in [5, 5.41) is 5.50. The number of sulfone groups is 1. The minimum absolute atomic E-state index is 0.0720. The van der Waals surface area contributed by atoms with Gasteiger partial charge in [0, 0.05) is 32.3 Å². The molecule has 0 saturated carbocycles. The van der Waals surface area contributed by atoms with Crippen LogP contribution < -0.4 is 10.6 Å². The number of halogens is 1. The van der Waals surface area contributed by atoms with Gasteiger partial charge in [-0.2, -0.15) is 0 Å². The largest absolute Gasteiger partial charge is 0.343 e. The fourth-order valence-corrected chi connectivity index (χ4v) is 4.24. The second-order valence-electron chi connectivity index (χ2n) is 7.08. The number of aryl methyl sites for hydroxylation is 1. The van der Waals surface area contributed by atoms with E-state index >= 15 is 0 Å². The minimum Gasteiger partial charge on any atom is -0.343 e. The Morgan fingerprint density at radius 2 is 1.97 bits per heavy atom. The molecule has 1 aromatic carbocycles. The Hall–Kier alpha value is -2.53. The van der Waals surface area contributed by atoms with Crippen LogP contribution in [0.25, 0.3) is 10.4 Å². The van der Waals surface area contributed by atoms with Crippen molar-refractivity contribution in [1.82, 2.24) is 15.2 Å². The Morgan fingerprint density at radius 3 is 2.53 bits per heavy atom. The minimum atomic E-state index is -3.66. The number of hydrogen-bond acceptors (Lipinski definition) is 6. The zero-order valence-corrected chi connectivity index (χ0v) is 19.1. The number of hydrogen-bond donors (Lipinski definition) is 2. The molecule has 164 valence electrons. The molecular formula is C19H25FN4O4S2. The van der Waals surface area contributed by atoms with Crippen LogP contribution in [0.15, 0.2) is 23.1 Å². The zero-order valence-electron chi connectivity index (χ0n) is 17.4. The van der Waals surface area contributed by atoms with E-state index in [1.54, 1.807) is 18.9 Å². The number of amides is 3. The number of benzene rings is 1. The lowest BCUT2D eigenvalue weighted by Crippen LogP contribution is -2.37. The predicted octanol–water partition coefficient (Wildman–Crippen LogP) is 3.04. The summed E-state index contributed by atoms with van der Waals surface area (Å²) in [5.41, 5.74) is 1.03. The van der Waals surface area contributed by atoms with Crippen LogP contribution in [0.3, 0.4) is 0 Å². The number of carbonyl (C=O) groups is 2. The van der Waals surface area contributed by atoms with Gasteiger partial charge in [0.05, 0.1) is 10.6 Å². The van der Waals surface area contributed by atoms with Crippen molar-refractivity contribution in [3.63, 3.8) is 0 Å². The number of nitrogens with zero attached hydrogens (tertiary/aromatic N) is 2. The SMILES string of the molecule is Cc1nc(NC(=O)NCCC(=O)N(C)C(C)C)sc1-c1ccc(S(C)(=O)=O)c(F)c1. The lowest BCUT2D eigenvalue weighted by molar-refractivity contribution is -0.131. The molecule has 1 heterocycles. The fraction of sp³-hybridized carbons (Fsp3) is 0.421. The number of anilines is 1. The highest BCUT2D eigenvalue weighted by atomic mass is 32.2. The molecular weight excluding hydrogens is 431 g/mol. The van der Waals surface area contributed by atoms with Gasteiger partial charge < -0.3 is 10.2 Å². The van der Waals surface area contributed by atoms with Crippen molar-refractivity contribution >= 4 is 38.2 Å². The third kappa shape index (κ3) is 5.99. The molecule has 2 rings (SSSR count). The van der Waals surface area contributed by atoms with E-state index in [9.17, 15) is 22.4 Å². The van der Waals surface area contributed by atoms with Crippen LogP contribution in [0.4, 0.5) is 14.3 Å². The van der Waals surface area contributed by atoms with Crippen molar-refractivity contribution in [2.45, 2.75) is 38.1 Å². The van der Waals surface area contributed by atoms with Gasteiger partial charge in [-0.3, -0.25) is 10.1 Å². The summed E-state index contributed by atoms with van der Waals surface area (Å²) in [6.45, 7) is 5.69. The first-order valence-corrected chi connectivity index (χ1v) is 11.9. The van der Waals surface area contributed by atoms with Crippen molar-refractivity contribution in [2.24, 2.45) is 0 Å². The van der Waals surface area contributed by atoms with Gasteiger partial charge in [0.1, 0.15) is 10.7 Å². The molecule has 2 N–H and O–H groups in total. The van der Waals surface area contributed by atoms with Crippen LogP contribution in [0.5, 0.6) is 0 Å². The van der Waals surface area contributed by atoms with Crippen molar-refractivity contribution < 1.29 is 22.4 Å². The summed E-state index contributed by atoms with van der Waals surface area (Å²) in [5.74, 6) is -0.914. The van der Waals surface area contributed by atoms with E-state index < -0.39 is 21.7 Å². The molecule has 0 radical (unpaired) electrons. The molecule has 8 nitrogen and oxygen atoms in total. The van der Waals surface area contributed by atoms with Gasteiger partial charge in [0.2, 0.25) is 5.91 Å². The number of aromatic nitrogens is 1. The maximum Gasteiger partial charge on any atom is 0.321 e. The number of urea groups is 1. The van der Waals surface area contributed by atoms with E-state index in [0.29, 0.717) is 21.3 Å². The molecule has 3 amide bonds. The molecule has 0 atom stereocenters. The normalized spacial score (nSPS) is 11.4. The van der Waals surface area contributed by atoms with Gasteiger partial charge in [-0.1, -0.05) is 17.4 Å². The highest BCUT2D eigenvalue weighted by Crippen LogP contribution is 2.34. The molecule has 0 bridgehead atoms. The number of rotatable bonds is 7. The van der Waals surface area contributed by atoms with Gasteiger partial charge in [0.15, 0.2) is 15.0 Å². The third-order valence-corrected chi connectivity index (χ3v) is 6.65. The lowest BCUT2D eigenvalue weighted by atomic mass is 10.1. The lowest BCUT2D eigenvalue weighted by Gasteiger charge is -2.21. The van der Waals surface area contributed by atoms with Gasteiger partial charge in [-0.15, -0.1) is 0 Å². The maximum absolute atomic E-state index is 14.2. The second-order valence-corrected chi connectivity index (χ2v) is 10.1. The molecule has 11 heteroatoms. The monoisotopic (exact) mass is 456 g/mol. The Morgan fingerprint density at radius 1 is 1.30 bits per heavy atom. The Labute approximate surface area is 179 Å². The number of nitrogens with one attached hydrogen (secondary N) is 2. The highest BCUT2D eigenvalue weighted by Gasteiger charge is 2.18. The highest BCUT2D eigenvalue weighted by molar-refractivity contribution is 7.90. The van der Waals surface area contributed by atoms with E-state index in [4.69, 9.17) is 0 Å². The van der Waals surface area contributed by atoms with Crippen LogP contribution in [0, 0.1) is 12.7 Å². The van der Waals surface area contributed by atoms with Crippen molar-refractivity contribution in [3.8, 4) is 10.4 Å². The Bertz CT molecular complexity index is 1050. The molecule has 0 saturated heterocycles. The first kappa shape index (κ1) is 23.7. The molecule has 0 fully saturated rings. The quantitative estimate of drug-likeness (QED) is 0.666. The predicted molar refractivity (Wildman–Crippen MR) is 115 cm³/mol. The van der Waals surface area contributed by atoms with Crippen LogP contribution >= 0.6 is 11.3 Å². The molecule has 0 aliphatic carbocycles. The molecule has 0 aliphatic rings. The van der Waals surface area contributed by atoms with Crippen LogP contribution in [0.2, 0.25) is 0 Å². The van der Waals surface area contributed by atoms with Gasteiger partial charge >= 0.3 is 6.03 Å². The van der Waals surface area contributed by atoms with E-state index in [0.717, 1.165) is 23.7 Å². The van der Waals surface area contributed by atoms with Crippen LogP contribution in [-0.2, 0) is 14.6 Å². The smallest absolute Gasteiger partial charge is 0.321 e. The molecule has 30 heavy (non-hydrogen) atoms. The van der Waals surface area contributed by atoms with Crippen molar-refractivity contribution in [1.29, 1.82) is 0 Å². The average Bonchev–Trinajstić information content (AvgIpc) is 2.99. The van der Waals surface area contributed by atoms with Gasteiger partial charge in [0.25, 0.3) is 0 Å². The summed E-state index contributed by atoms with van der Waals surface area (Å²) < 4.78 is 37.3. The second kappa shape index (κ2) is 9.52. The maximum atomic E-state index is 14.2. The molecule has 0 spiro atoms. The first-order valence-electron chi connectivity index (χ1n) is 9.18. The number of thiazole rings is 1. The van der Waals surface area contributed by atoms with Gasteiger partial charge in [-0.05, 0) is 38.5 Å².